The van der Waals surface area contributed by atoms with E-state index in [1.807, 2.05) is 4.68 Å². The van der Waals surface area contributed by atoms with Crippen LogP contribution in [0.25, 0.3) is 0 Å². The third kappa shape index (κ3) is 3.48. The van der Waals surface area contributed by atoms with Crippen molar-refractivity contribution in [2.24, 2.45) is 0 Å². The van der Waals surface area contributed by atoms with Gasteiger partial charge in [0.2, 0.25) is 0 Å². The molecular weight excluding hydrogens is 246 g/mol. The standard InChI is InChI=1S/C14H26ClN3/c1-7-16-11(4)8-14(5,6)13-12(15)9-17-18(13)10(2)3/h9-11,16H,7-8H2,1-6H3. The Morgan fingerprint density at radius 2 is 2.00 bits per heavy atom. The molecule has 0 fully saturated rings. The first-order valence-corrected chi connectivity index (χ1v) is 7.14. The van der Waals surface area contributed by atoms with Gasteiger partial charge in [-0.3, -0.25) is 4.68 Å². The minimum Gasteiger partial charge on any atom is -0.314 e. The van der Waals surface area contributed by atoms with Gasteiger partial charge in [-0.25, -0.2) is 0 Å². The van der Waals surface area contributed by atoms with Gasteiger partial charge in [-0.05, 0) is 33.7 Å². The molecular formula is C14H26ClN3. The number of nitrogens with zero attached hydrogens (tertiary/aromatic N) is 2. The van der Waals surface area contributed by atoms with Crippen LogP contribution in [0.3, 0.4) is 0 Å². The third-order valence-electron chi connectivity index (χ3n) is 3.25. The average Bonchev–Trinajstić information content (AvgIpc) is 2.60. The van der Waals surface area contributed by atoms with Crippen molar-refractivity contribution in [3.8, 4) is 0 Å². The maximum absolute atomic E-state index is 6.33. The molecule has 0 aliphatic carbocycles. The van der Waals surface area contributed by atoms with Gasteiger partial charge in [-0.1, -0.05) is 32.4 Å². The van der Waals surface area contributed by atoms with Gasteiger partial charge in [0, 0.05) is 17.5 Å². The van der Waals surface area contributed by atoms with Gasteiger partial charge in [0.25, 0.3) is 0 Å². The Morgan fingerprint density at radius 1 is 1.39 bits per heavy atom. The first-order chi connectivity index (χ1) is 8.29. The van der Waals surface area contributed by atoms with Crippen molar-refractivity contribution >= 4 is 11.6 Å². The van der Waals surface area contributed by atoms with E-state index in [1.54, 1.807) is 6.20 Å². The van der Waals surface area contributed by atoms with E-state index < -0.39 is 0 Å². The van der Waals surface area contributed by atoms with Crippen LogP contribution in [0.1, 0.15) is 59.7 Å². The zero-order valence-corrected chi connectivity index (χ0v) is 13.2. The lowest BCUT2D eigenvalue weighted by Gasteiger charge is -2.30. The summed E-state index contributed by atoms with van der Waals surface area (Å²) in [6, 6.07) is 0.804. The Labute approximate surface area is 116 Å². The molecule has 4 heteroatoms. The monoisotopic (exact) mass is 271 g/mol. The second-order valence-electron chi connectivity index (χ2n) is 5.93. The highest BCUT2D eigenvalue weighted by atomic mass is 35.5. The molecule has 1 unspecified atom stereocenters. The first kappa shape index (κ1) is 15.5. The van der Waals surface area contributed by atoms with E-state index in [2.05, 4.69) is 52.0 Å². The second kappa shape index (κ2) is 6.07. The molecule has 0 spiro atoms. The van der Waals surface area contributed by atoms with Crippen LogP contribution in [-0.4, -0.2) is 22.4 Å². The van der Waals surface area contributed by atoms with Gasteiger partial charge in [0.1, 0.15) is 0 Å². The molecule has 0 amide bonds. The van der Waals surface area contributed by atoms with Crippen LogP contribution in [0.4, 0.5) is 0 Å². The van der Waals surface area contributed by atoms with Crippen LogP contribution in [-0.2, 0) is 5.41 Å². The molecule has 0 aliphatic heterocycles. The molecule has 0 aromatic carbocycles. The summed E-state index contributed by atoms with van der Waals surface area (Å²) < 4.78 is 2.04. The highest BCUT2D eigenvalue weighted by Crippen LogP contribution is 2.35. The van der Waals surface area contributed by atoms with Crippen LogP contribution < -0.4 is 5.32 Å². The summed E-state index contributed by atoms with van der Waals surface area (Å²) in [5.41, 5.74) is 1.16. The maximum Gasteiger partial charge on any atom is 0.0823 e. The number of nitrogens with one attached hydrogen (secondary N) is 1. The molecule has 104 valence electrons. The van der Waals surface area contributed by atoms with Gasteiger partial charge in [0.15, 0.2) is 0 Å². The topological polar surface area (TPSA) is 29.9 Å². The summed E-state index contributed by atoms with van der Waals surface area (Å²) in [6.07, 6.45) is 2.80. The summed E-state index contributed by atoms with van der Waals surface area (Å²) in [6.45, 7) is 14.1. The number of aromatic nitrogens is 2. The van der Waals surface area contributed by atoms with Crippen molar-refractivity contribution in [1.29, 1.82) is 0 Å². The molecule has 1 atom stereocenters. The quantitative estimate of drug-likeness (QED) is 0.853. The highest BCUT2D eigenvalue weighted by molar-refractivity contribution is 6.31. The molecule has 1 heterocycles. The number of rotatable bonds is 6. The lowest BCUT2D eigenvalue weighted by molar-refractivity contribution is 0.356. The fourth-order valence-electron chi connectivity index (χ4n) is 2.65. The lowest BCUT2D eigenvalue weighted by Crippen LogP contribution is -2.34. The van der Waals surface area contributed by atoms with Gasteiger partial charge in [-0.15, -0.1) is 0 Å². The van der Waals surface area contributed by atoms with Crippen LogP contribution in [0.15, 0.2) is 6.20 Å². The third-order valence-corrected chi connectivity index (χ3v) is 3.53. The zero-order valence-electron chi connectivity index (χ0n) is 12.4. The molecule has 3 nitrogen and oxygen atoms in total. The lowest BCUT2D eigenvalue weighted by atomic mass is 9.82. The Balaban J connectivity index is 3.00. The number of hydrogen-bond donors (Lipinski definition) is 1. The van der Waals surface area contributed by atoms with Crippen molar-refractivity contribution in [3.05, 3.63) is 16.9 Å². The summed E-state index contributed by atoms with van der Waals surface area (Å²) in [5, 5.41) is 8.63. The van der Waals surface area contributed by atoms with Crippen LogP contribution in [0, 0.1) is 0 Å². The number of halogens is 1. The van der Waals surface area contributed by atoms with E-state index in [9.17, 15) is 0 Å². The zero-order chi connectivity index (χ0) is 13.9. The first-order valence-electron chi connectivity index (χ1n) is 6.76. The van der Waals surface area contributed by atoms with E-state index >= 15 is 0 Å². The SMILES string of the molecule is CCNC(C)CC(C)(C)c1c(Cl)cnn1C(C)C. The molecule has 0 saturated carbocycles. The minimum absolute atomic E-state index is 0.0133. The average molecular weight is 272 g/mol. The fourth-order valence-corrected chi connectivity index (χ4v) is 3.03. The summed E-state index contributed by atoms with van der Waals surface area (Å²) in [5.74, 6) is 0. The van der Waals surface area contributed by atoms with Gasteiger partial charge < -0.3 is 5.32 Å². The van der Waals surface area contributed by atoms with Gasteiger partial charge in [0.05, 0.1) is 16.9 Å². The van der Waals surface area contributed by atoms with Crippen molar-refractivity contribution in [1.82, 2.24) is 15.1 Å². The smallest absolute Gasteiger partial charge is 0.0823 e. The van der Waals surface area contributed by atoms with Gasteiger partial charge >= 0.3 is 0 Å². The second-order valence-corrected chi connectivity index (χ2v) is 6.33. The minimum atomic E-state index is 0.0133. The summed E-state index contributed by atoms with van der Waals surface area (Å²) >= 11 is 6.33. The van der Waals surface area contributed by atoms with E-state index in [-0.39, 0.29) is 5.41 Å². The number of hydrogen-bond acceptors (Lipinski definition) is 2. The Kier molecular flexibility index (Phi) is 5.23. The Hall–Kier alpha value is -0.540. The highest BCUT2D eigenvalue weighted by Gasteiger charge is 2.30. The van der Waals surface area contributed by atoms with Crippen molar-refractivity contribution in [2.75, 3.05) is 6.54 Å². The van der Waals surface area contributed by atoms with E-state index in [0.717, 1.165) is 23.7 Å². The molecule has 1 aromatic heterocycles. The van der Waals surface area contributed by atoms with Crippen LogP contribution in [0.5, 0.6) is 0 Å². The van der Waals surface area contributed by atoms with E-state index in [1.165, 1.54) is 0 Å². The predicted molar refractivity (Wildman–Crippen MR) is 78.4 cm³/mol. The predicted octanol–water partition coefficient (Wildman–Crippen LogP) is 3.78. The molecule has 1 N–H and O–H groups in total. The van der Waals surface area contributed by atoms with Crippen molar-refractivity contribution < 1.29 is 0 Å². The van der Waals surface area contributed by atoms with Crippen LogP contribution in [0.2, 0.25) is 5.02 Å². The summed E-state index contributed by atoms with van der Waals surface area (Å²) in [7, 11) is 0. The molecule has 0 bridgehead atoms. The maximum atomic E-state index is 6.33. The molecule has 0 radical (unpaired) electrons. The van der Waals surface area contributed by atoms with Gasteiger partial charge in [-0.2, -0.15) is 5.10 Å². The van der Waals surface area contributed by atoms with Crippen molar-refractivity contribution in [2.45, 2.75) is 65.5 Å². The van der Waals surface area contributed by atoms with Crippen molar-refractivity contribution in [3.63, 3.8) is 0 Å². The van der Waals surface area contributed by atoms with E-state index in [4.69, 9.17) is 11.6 Å². The molecule has 0 saturated heterocycles. The van der Waals surface area contributed by atoms with Crippen LogP contribution >= 0.6 is 11.6 Å². The molecule has 1 rings (SSSR count). The fraction of sp³-hybridized carbons (Fsp3) is 0.786. The van der Waals surface area contributed by atoms with E-state index in [0.29, 0.717) is 12.1 Å². The largest absolute Gasteiger partial charge is 0.314 e. The molecule has 0 aliphatic rings. The molecule has 18 heavy (non-hydrogen) atoms. The normalized spacial score (nSPS) is 14.2. The Bertz CT molecular complexity index is 382. The Morgan fingerprint density at radius 3 is 2.50 bits per heavy atom. The summed E-state index contributed by atoms with van der Waals surface area (Å²) in [4.78, 5) is 0. The molecule has 1 aromatic rings.